The highest BCUT2D eigenvalue weighted by molar-refractivity contribution is 5.63. The quantitative estimate of drug-likeness (QED) is 0.449. The third-order valence-corrected chi connectivity index (χ3v) is 4.86. The lowest BCUT2D eigenvalue weighted by atomic mass is 10.1. The minimum atomic E-state index is 0.175. The minimum Gasteiger partial charge on any atom is -0.491 e. The van der Waals surface area contributed by atoms with Gasteiger partial charge in [-0.25, -0.2) is 0 Å². The van der Waals surface area contributed by atoms with Crippen LogP contribution in [0.2, 0.25) is 0 Å². The Morgan fingerprint density at radius 1 is 1.03 bits per heavy atom. The zero-order chi connectivity index (χ0) is 20.6. The number of benzene rings is 2. The molecule has 0 atom stereocenters. The van der Waals surface area contributed by atoms with Crippen LogP contribution in [0.3, 0.4) is 0 Å². The Bertz CT molecular complexity index is 869. The van der Waals surface area contributed by atoms with E-state index in [-0.39, 0.29) is 6.10 Å². The summed E-state index contributed by atoms with van der Waals surface area (Å²) in [5.74, 6) is 0.897. The number of hydrogen-bond acceptors (Lipinski definition) is 3. The normalized spacial score (nSPS) is 11.4. The van der Waals surface area contributed by atoms with Crippen LogP contribution in [0, 0.1) is 0 Å². The second-order valence-electron chi connectivity index (χ2n) is 7.97. The molecule has 0 amide bonds. The number of ether oxygens (including phenoxy) is 1. The van der Waals surface area contributed by atoms with Gasteiger partial charge in [-0.1, -0.05) is 43.7 Å². The Morgan fingerprint density at radius 3 is 2.41 bits per heavy atom. The Labute approximate surface area is 175 Å². The third-order valence-electron chi connectivity index (χ3n) is 4.86. The molecule has 0 radical (unpaired) electrons. The average molecular weight is 392 g/mol. The van der Waals surface area contributed by atoms with E-state index >= 15 is 0 Å². The molecule has 0 saturated heterocycles. The van der Waals surface area contributed by atoms with Gasteiger partial charge in [-0.2, -0.15) is 5.10 Å². The maximum Gasteiger partial charge on any atom is 0.119 e. The van der Waals surface area contributed by atoms with Gasteiger partial charge in [0.1, 0.15) is 5.75 Å². The predicted octanol–water partition coefficient (Wildman–Crippen LogP) is 5.62. The number of rotatable bonds is 10. The first kappa shape index (κ1) is 21.1. The van der Waals surface area contributed by atoms with Gasteiger partial charge in [-0.3, -0.25) is 4.68 Å². The van der Waals surface area contributed by atoms with Crippen LogP contribution in [0.25, 0.3) is 11.3 Å². The summed E-state index contributed by atoms with van der Waals surface area (Å²) < 4.78 is 7.86. The van der Waals surface area contributed by atoms with Gasteiger partial charge >= 0.3 is 0 Å². The summed E-state index contributed by atoms with van der Waals surface area (Å²) in [4.78, 5) is 2.38. The zero-order valence-electron chi connectivity index (χ0n) is 18.1. The second-order valence-corrected chi connectivity index (χ2v) is 7.97. The van der Waals surface area contributed by atoms with Crippen LogP contribution in [0.15, 0.2) is 60.8 Å². The third kappa shape index (κ3) is 6.20. The van der Waals surface area contributed by atoms with Crippen molar-refractivity contribution < 1.29 is 4.74 Å². The zero-order valence-corrected chi connectivity index (χ0v) is 18.1. The van der Waals surface area contributed by atoms with Gasteiger partial charge in [0.25, 0.3) is 0 Å². The van der Waals surface area contributed by atoms with Gasteiger partial charge < -0.3 is 9.64 Å². The lowest BCUT2D eigenvalue weighted by Gasteiger charge is -2.16. The van der Waals surface area contributed by atoms with E-state index in [0.717, 1.165) is 36.6 Å². The van der Waals surface area contributed by atoms with Crippen LogP contribution < -0.4 is 4.74 Å². The van der Waals surface area contributed by atoms with Gasteiger partial charge in [0, 0.05) is 23.9 Å². The van der Waals surface area contributed by atoms with E-state index < -0.39 is 0 Å². The maximum atomic E-state index is 5.79. The number of nitrogens with zero attached hydrogens (tertiary/aromatic N) is 3. The molecule has 1 aromatic heterocycles. The van der Waals surface area contributed by atoms with Crippen LogP contribution >= 0.6 is 0 Å². The molecule has 1 heterocycles. The average Bonchev–Trinajstić information content (AvgIpc) is 3.09. The van der Waals surface area contributed by atoms with Crippen LogP contribution in [0.4, 0.5) is 0 Å². The SMILES string of the molecule is CCCCN(C)Cc1cn(Cc2ccccc2)nc1-c1ccc(OC(C)C)cc1. The van der Waals surface area contributed by atoms with Crippen molar-refractivity contribution in [2.24, 2.45) is 0 Å². The topological polar surface area (TPSA) is 30.3 Å². The maximum absolute atomic E-state index is 5.79. The summed E-state index contributed by atoms with van der Waals surface area (Å²) in [7, 11) is 2.19. The molecule has 0 aliphatic rings. The van der Waals surface area contributed by atoms with E-state index in [2.05, 4.69) is 66.1 Å². The monoisotopic (exact) mass is 391 g/mol. The largest absolute Gasteiger partial charge is 0.491 e. The predicted molar refractivity (Wildman–Crippen MR) is 120 cm³/mol. The van der Waals surface area contributed by atoms with Crippen molar-refractivity contribution in [3.8, 4) is 17.0 Å². The highest BCUT2D eigenvalue weighted by Gasteiger charge is 2.14. The molecule has 0 spiro atoms. The Balaban J connectivity index is 1.86. The van der Waals surface area contributed by atoms with Crippen LogP contribution in [-0.4, -0.2) is 34.4 Å². The van der Waals surface area contributed by atoms with Crippen molar-refractivity contribution in [2.75, 3.05) is 13.6 Å². The van der Waals surface area contributed by atoms with E-state index in [0.29, 0.717) is 0 Å². The molecular weight excluding hydrogens is 358 g/mol. The Kier molecular flexibility index (Phi) is 7.48. The molecule has 0 aliphatic carbocycles. The number of aromatic nitrogens is 2. The van der Waals surface area contributed by atoms with Crippen molar-refractivity contribution >= 4 is 0 Å². The Morgan fingerprint density at radius 2 is 1.76 bits per heavy atom. The lowest BCUT2D eigenvalue weighted by molar-refractivity contribution is 0.242. The van der Waals surface area contributed by atoms with E-state index in [4.69, 9.17) is 9.84 Å². The minimum absolute atomic E-state index is 0.175. The Hall–Kier alpha value is -2.59. The van der Waals surface area contributed by atoms with Crippen molar-refractivity contribution in [3.63, 3.8) is 0 Å². The van der Waals surface area contributed by atoms with E-state index in [1.165, 1.54) is 24.0 Å². The van der Waals surface area contributed by atoms with E-state index in [1.54, 1.807) is 0 Å². The molecule has 0 aliphatic heterocycles. The van der Waals surface area contributed by atoms with Crippen molar-refractivity contribution in [1.29, 1.82) is 0 Å². The standard InChI is InChI=1S/C25H33N3O/c1-5-6-16-27(4)18-23-19-28(17-21-10-8-7-9-11-21)26-25(23)22-12-14-24(15-13-22)29-20(2)3/h7-15,19-20H,5-6,16-18H2,1-4H3. The molecule has 0 N–H and O–H groups in total. The molecule has 3 rings (SSSR count). The van der Waals surface area contributed by atoms with Crippen LogP contribution in [-0.2, 0) is 13.1 Å². The lowest BCUT2D eigenvalue weighted by Crippen LogP contribution is -2.19. The highest BCUT2D eigenvalue weighted by Crippen LogP contribution is 2.26. The summed E-state index contributed by atoms with van der Waals surface area (Å²) in [5, 5.41) is 4.95. The van der Waals surface area contributed by atoms with Gasteiger partial charge in [0.2, 0.25) is 0 Å². The summed E-state index contributed by atoms with van der Waals surface area (Å²) in [6.07, 6.45) is 4.80. The summed E-state index contributed by atoms with van der Waals surface area (Å²) in [6, 6.07) is 18.8. The summed E-state index contributed by atoms with van der Waals surface area (Å²) in [5.41, 5.74) is 4.71. The fourth-order valence-corrected chi connectivity index (χ4v) is 3.43. The molecule has 4 heteroatoms. The van der Waals surface area contributed by atoms with E-state index in [9.17, 15) is 0 Å². The molecule has 3 aromatic rings. The molecule has 0 bridgehead atoms. The second kappa shape index (κ2) is 10.3. The first-order valence-electron chi connectivity index (χ1n) is 10.6. The van der Waals surface area contributed by atoms with Crippen molar-refractivity contribution in [3.05, 3.63) is 71.9 Å². The molecule has 29 heavy (non-hydrogen) atoms. The molecule has 0 fully saturated rings. The van der Waals surface area contributed by atoms with Crippen molar-refractivity contribution in [2.45, 2.75) is 52.8 Å². The summed E-state index contributed by atoms with van der Waals surface area (Å²) >= 11 is 0. The van der Waals surface area contributed by atoms with Crippen LogP contribution in [0.1, 0.15) is 44.7 Å². The molecular formula is C25H33N3O. The van der Waals surface area contributed by atoms with Gasteiger partial charge in [-0.15, -0.1) is 0 Å². The fourth-order valence-electron chi connectivity index (χ4n) is 3.43. The van der Waals surface area contributed by atoms with Crippen LogP contribution in [0.5, 0.6) is 5.75 Å². The molecule has 154 valence electrons. The molecule has 4 nitrogen and oxygen atoms in total. The number of unbranched alkanes of at least 4 members (excludes halogenated alkanes) is 1. The molecule has 0 unspecified atom stereocenters. The van der Waals surface area contributed by atoms with Gasteiger partial charge in [-0.05, 0) is 63.7 Å². The number of hydrogen-bond donors (Lipinski definition) is 0. The molecule has 0 saturated carbocycles. The summed E-state index contributed by atoms with van der Waals surface area (Å²) in [6.45, 7) is 9.10. The first-order valence-corrected chi connectivity index (χ1v) is 10.6. The van der Waals surface area contributed by atoms with Crippen molar-refractivity contribution in [1.82, 2.24) is 14.7 Å². The van der Waals surface area contributed by atoms with E-state index in [1.807, 2.05) is 32.0 Å². The highest BCUT2D eigenvalue weighted by atomic mass is 16.5. The van der Waals surface area contributed by atoms with Gasteiger partial charge in [0.15, 0.2) is 0 Å². The first-order chi connectivity index (χ1) is 14.0. The smallest absolute Gasteiger partial charge is 0.119 e. The molecule has 2 aromatic carbocycles. The van der Waals surface area contributed by atoms with Gasteiger partial charge in [0.05, 0.1) is 18.3 Å². The fraction of sp³-hybridized carbons (Fsp3) is 0.400.